The van der Waals surface area contributed by atoms with E-state index >= 15 is 0 Å². The van der Waals surface area contributed by atoms with Crippen molar-refractivity contribution in [2.75, 3.05) is 7.11 Å². The summed E-state index contributed by atoms with van der Waals surface area (Å²) in [7, 11) is 1.49. The van der Waals surface area contributed by atoms with E-state index in [9.17, 15) is 9.90 Å². The number of halogens is 1. The Bertz CT molecular complexity index is 712. The number of nitrogens with zero attached hydrogens (tertiary/aromatic N) is 1. The number of hydrogen-bond donors (Lipinski definition) is 2. The lowest BCUT2D eigenvalue weighted by atomic mass is 9.96. The highest BCUT2D eigenvalue weighted by atomic mass is 79.9. The fourth-order valence-corrected chi connectivity index (χ4v) is 4.20. The van der Waals surface area contributed by atoms with Crippen LogP contribution in [0.4, 0.5) is 0 Å². The molecule has 3 rings (SSSR count). The van der Waals surface area contributed by atoms with E-state index in [4.69, 9.17) is 4.74 Å². The quantitative estimate of drug-likeness (QED) is 0.737. The standard InChI is InChI=1S/C17H19BrN2O3S/c1-23-13-8-10(7-12(18)15(13)21)9-14-16(22)20-17(24-14)19-11-5-3-2-4-6-11/h7-9,11,21H,2-6H2,1H3,(H,19,20,22)/b14-9-. The van der Waals surface area contributed by atoms with Crippen molar-refractivity contribution in [1.82, 2.24) is 5.32 Å². The Labute approximate surface area is 153 Å². The van der Waals surface area contributed by atoms with Gasteiger partial charge in [0, 0.05) is 0 Å². The number of phenols is 1. The molecule has 0 aromatic heterocycles. The molecule has 0 bridgehead atoms. The predicted molar refractivity (Wildman–Crippen MR) is 100 cm³/mol. The minimum Gasteiger partial charge on any atom is -0.503 e. The lowest BCUT2D eigenvalue weighted by Gasteiger charge is -2.17. The average molecular weight is 411 g/mol. The van der Waals surface area contributed by atoms with Gasteiger partial charge in [0.2, 0.25) is 0 Å². The number of benzene rings is 1. The van der Waals surface area contributed by atoms with Gasteiger partial charge >= 0.3 is 0 Å². The molecule has 0 radical (unpaired) electrons. The molecule has 1 aliphatic carbocycles. The number of rotatable bonds is 3. The molecule has 2 fully saturated rings. The third-order valence-electron chi connectivity index (χ3n) is 4.09. The monoisotopic (exact) mass is 410 g/mol. The van der Waals surface area contributed by atoms with E-state index < -0.39 is 0 Å². The summed E-state index contributed by atoms with van der Waals surface area (Å²) in [6.45, 7) is 0. The molecule has 1 aliphatic heterocycles. The molecule has 1 amide bonds. The Balaban J connectivity index is 1.79. The van der Waals surface area contributed by atoms with Gasteiger partial charge in [-0.2, -0.15) is 0 Å². The van der Waals surface area contributed by atoms with Crippen LogP contribution in [-0.2, 0) is 4.79 Å². The molecule has 1 aromatic carbocycles. The molecule has 1 saturated carbocycles. The molecule has 2 N–H and O–H groups in total. The number of phenolic OH excluding ortho intramolecular Hbond substituents is 1. The first-order valence-electron chi connectivity index (χ1n) is 7.92. The van der Waals surface area contributed by atoms with E-state index in [0.29, 0.717) is 26.3 Å². The number of ether oxygens (including phenoxy) is 1. The second-order valence-electron chi connectivity index (χ2n) is 5.84. The van der Waals surface area contributed by atoms with Crippen molar-refractivity contribution in [2.24, 2.45) is 4.99 Å². The summed E-state index contributed by atoms with van der Waals surface area (Å²) >= 11 is 4.65. The fraction of sp³-hybridized carbons (Fsp3) is 0.412. The van der Waals surface area contributed by atoms with Crippen molar-refractivity contribution in [3.63, 3.8) is 0 Å². The third-order valence-corrected chi connectivity index (χ3v) is 5.62. The van der Waals surface area contributed by atoms with E-state index in [1.807, 2.05) is 0 Å². The van der Waals surface area contributed by atoms with Crippen LogP contribution in [-0.4, -0.2) is 29.3 Å². The van der Waals surface area contributed by atoms with Gasteiger partial charge in [-0.1, -0.05) is 19.3 Å². The molecule has 128 valence electrons. The first kappa shape index (κ1) is 17.4. The van der Waals surface area contributed by atoms with Gasteiger partial charge < -0.3 is 15.2 Å². The molecule has 0 unspecified atom stereocenters. The van der Waals surface area contributed by atoms with E-state index in [0.717, 1.165) is 18.4 Å². The Morgan fingerprint density at radius 3 is 2.83 bits per heavy atom. The minimum atomic E-state index is -0.141. The Kier molecular flexibility index (Phi) is 5.50. The summed E-state index contributed by atoms with van der Waals surface area (Å²) in [4.78, 5) is 17.4. The normalized spacial score (nSPS) is 22.2. The van der Waals surface area contributed by atoms with Crippen LogP contribution >= 0.6 is 27.7 Å². The van der Waals surface area contributed by atoms with Gasteiger partial charge in [0.05, 0.1) is 22.5 Å². The minimum absolute atomic E-state index is 0.0442. The number of amides is 1. The predicted octanol–water partition coefficient (Wildman–Crippen LogP) is 4.06. The molecule has 2 aliphatic rings. The average Bonchev–Trinajstić information content (AvgIpc) is 2.91. The maximum absolute atomic E-state index is 12.2. The topological polar surface area (TPSA) is 70.9 Å². The molecule has 24 heavy (non-hydrogen) atoms. The largest absolute Gasteiger partial charge is 0.503 e. The van der Waals surface area contributed by atoms with Crippen LogP contribution in [0.5, 0.6) is 11.5 Å². The highest BCUT2D eigenvalue weighted by molar-refractivity contribution is 9.10. The van der Waals surface area contributed by atoms with Crippen molar-refractivity contribution in [3.8, 4) is 11.5 Å². The summed E-state index contributed by atoms with van der Waals surface area (Å²) in [6, 6.07) is 3.76. The zero-order valence-electron chi connectivity index (χ0n) is 13.3. The second-order valence-corrected chi connectivity index (χ2v) is 7.73. The van der Waals surface area contributed by atoms with Crippen LogP contribution in [0, 0.1) is 0 Å². The first-order valence-corrected chi connectivity index (χ1v) is 9.53. The molecular weight excluding hydrogens is 392 g/mol. The van der Waals surface area contributed by atoms with Crippen molar-refractivity contribution in [3.05, 3.63) is 27.1 Å². The summed E-state index contributed by atoms with van der Waals surface area (Å²) in [5, 5.41) is 13.4. The lowest BCUT2D eigenvalue weighted by molar-refractivity contribution is -0.115. The molecule has 7 heteroatoms. The van der Waals surface area contributed by atoms with Gasteiger partial charge in [0.1, 0.15) is 0 Å². The van der Waals surface area contributed by atoms with Gasteiger partial charge in [-0.15, -0.1) is 0 Å². The molecular formula is C17H19BrN2O3S. The number of amidine groups is 1. The molecule has 5 nitrogen and oxygen atoms in total. The van der Waals surface area contributed by atoms with Crippen LogP contribution in [0.25, 0.3) is 6.08 Å². The fourth-order valence-electron chi connectivity index (χ4n) is 2.85. The van der Waals surface area contributed by atoms with Gasteiger partial charge in [0.25, 0.3) is 5.91 Å². The van der Waals surface area contributed by atoms with Crippen molar-refractivity contribution in [2.45, 2.75) is 38.1 Å². The van der Waals surface area contributed by atoms with Gasteiger partial charge in [-0.25, -0.2) is 0 Å². The van der Waals surface area contributed by atoms with E-state index in [-0.39, 0.29) is 11.7 Å². The summed E-state index contributed by atoms with van der Waals surface area (Å²) in [6.07, 6.45) is 7.68. The van der Waals surface area contributed by atoms with Crippen molar-refractivity contribution < 1.29 is 14.6 Å². The first-order chi connectivity index (χ1) is 11.6. The number of hydrogen-bond acceptors (Lipinski definition) is 5. The summed E-state index contributed by atoms with van der Waals surface area (Å²) < 4.78 is 5.66. The van der Waals surface area contributed by atoms with Crippen LogP contribution in [0.2, 0.25) is 0 Å². The van der Waals surface area contributed by atoms with Gasteiger partial charge in [0.15, 0.2) is 16.7 Å². The smallest absolute Gasteiger partial charge is 0.264 e. The zero-order chi connectivity index (χ0) is 17.1. The maximum Gasteiger partial charge on any atom is 0.264 e. The second kappa shape index (κ2) is 7.61. The highest BCUT2D eigenvalue weighted by Crippen LogP contribution is 2.37. The molecule has 1 saturated heterocycles. The Hall–Kier alpha value is -1.47. The molecule has 1 heterocycles. The third kappa shape index (κ3) is 3.95. The summed E-state index contributed by atoms with van der Waals surface area (Å²) in [5.41, 5.74) is 0.771. The van der Waals surface area contributed by atoms with Crippen LogP contribution in [0.3, 0.4) is 0 Å². The molecule has 0 atom stereocenters. The van der Waals surface area contributed by atoms with E-state index in [1.54, 1.807) is 18.2 Å². The maximum atomic E-state index is 12.2. The lowest BCUT2D eigenvalue weighted by Crippen LogP contribution is -2.22. The number of aliphatic imine (C=N–C) groups is 1. The van der Waals surface area contributed by atoms with Crippen molar-refractivity contribution >= 4 is 44.8 Å². The Morgan fingerprint density at radius 1 is 1.38 bits per heavy atom. The van der Waals surface area contributed by atoms with Crippen LogP contribution in [0.1, 0.15) is 37.7 Å². The number of nitrogens with one attached hydrogen (secondary N) is 1. The highest BCUT2D eigenvalue weighted by Gasteiger charge is 2.25. The summed E-state index contributed by atoms with van der Waals surface area (Å²) in [5.74, 6) is 0.260. The number of carbonyl (C=O) groups excluding carboxylic acids is 1. The van der Waals surface area contributed by atoms with Crippen molar-refractivity contribution in [1.29, 1.82) is 0 Å². The number of carbonyl (C=O) groups is 1. The van der Waals surface area contributed by atoms with Gasteiger partial charge in [-0.05, 0) is 64.3 Å². The van der Waals surface area contributed by atoms with Crippen LogP contribution < -0.4 is 10.1 Å². The van der Waals surface area contributed by atoms with E-state index in [2.05, 4.69) is 26.2 Å². The van der Waals surface area contributed by atoms with Gasteiger partial charge in [-0.3, -0.25) is 9.79 Å². The molecule has 0 spiro atoms. The number of thioether (sulfide) groups is 1. The van der Waals surface area contributed by atoms with Crippen LogP contribution in [0.15, 0.2) is 26.5 Å². The SMILES string of the molecule is COc1cc(/C=C2\SC(=NC3CCCCC3)NC2=O)cc(Br)c1O. The van der Waals surface area contributed by atoms with E-state index in [1.165, 1.54) is 38.1 Å². The molecule has 1 aromatic rings. The Morgan fingerprint density at radius 2 is 2.12 bits per heavy atom. The zero-order valence-corrected chi connectivity index (χ0v) is 15.7. The number of methoxy groups -OCH3 is 1. The number of aromatic hydroxyl groups is 1.